The third-order valence-corrected chi connectivity index (χ3v) is 8.16. The first-order valence-electron chi connectivity index (χ1n) is 13.2. The van der Waals surface area contributed by atoms with Crippen LogP contribution in [-0.4, -0.2) is 4.98 Å². The van der Waals surface area contributed by atoms with Crippen LogP contribution in [0.15, 0.2) is 115 Å². The molecule has 0 aliphatic rings. The van der Waals surface area contributed by atoms with Gasteiger partial charge in [-0.1, -0.05) is 103 Å². The van der Waals surface area contributed by atoms with Gasteiger partial charge in [-0.15, -0.1) is 0 Å². The van der Waals surface area contributed by atoms with Gasteiger partial charge in [0.05, 0.1) is 0 Å². The molecule has 0 saturated carbocycles. The van der Waals surface area contributed by atoms with E-state index in [1.807, 2.05) is 66.7 Å². The fourth-order valence-corrected chi connectivity index (χ4v) is 6.36. The van der Waals surface area contributed by atoms with Gasteiger partial charge in [0, 0.05) is 22.5 Å². The predicted octanol–water partition coefficient (Wildman–Crippen LogP) is 10.8. The number of alkyl halides is 3. The van der Waals surface area contributed by atoms with Gasteiger partial charge in [-0.2, -0.15) is 13.2 Å². The van der Waals surface area contributed by atoms with Crippen LogP contribution in [0.2, 0.25) is 0 Å². The first-order chi connectivity index (χ1) is 19.9. The Balaban J connectivity index is 1.46. The highest BCUT2D eigenvalue weighted by Crippen LogP contribution is 2.46. The minimum absolute atomic E-state index is 0.229. The molecule has 8 aromatic rings. The molecule has 196 valence electrons. The molecule has 1 heterocycles. The lowest BCUT2D eigenvalue weighted by Crippen LogP contribution is -2.07. The molecular formula is C36H19F4N. The Morgan fingerprint density at radius 3 is 1.54 bits per heavy atom. The van der Waals surface area contributed by atoms with Gasteiger partial charge in [0.1, 0.15) is 11.5 Å². The fourth-order valence-electron chi connectivity index (χ4n) is 6.36. The summed E-state index contributed by atoms with van der Waals surface area (Å²) < 4.78 is 55.1. The summed E-state index contributed by atoms with van der Waals surface area (Å²) in [4.78, 5) is 3.70. The average molecular weight is 542 g/mol. The van der Waals surface area contributed by atoms with Crippen molar-refractivity contribution in [3.63, 3.8) is 0 Å². The third kappa shape index (κ3) is 3.45. The maximum Gasteiger partial charge on any atom is 0.433 e. The third-order valence-electron chi connectivity index (χ3n) is 8.16. The van der Waals surface area contributed by atoms with Crippen molar-refractivity contribution < 1.29 is 17.6 Å². The molecule has 0 amide bonds. The Labute approximate surface area is 231 Å². The Kier molecular flexibility index (Phi) is 4.93. The molecule has 0 radical (unpaired) electrons. The number of aromatic nitrogens is 1. The van der Waals surface area contributed by atoms with Crippen LogP contribution in [-0.2, 0) is 6.18 Å². The van der Waals surface area contributed by atoms with E-state index >= 15 is 4.39 Å². The molecule has 41 heavy (non-hydrogen) atoms. The quantitative estimate of drug-likeness (QED) is 0.121. The molecule has 0 saturated heterocycles. The van der Waals surface area contributed by atoms with Crippen LogP contribution in [0, 0.1) is 5.82 Å². The van der Waals surface area contributed by atoms with Gasteiger partial charge >= 0.3 is 6.18 Å². The van der Waals surface area contributed by atoms with Crippen LogP contribution in [0.5, 0.6) is 0 Å². The van der Waals surface area contributed by atoms with E-state index in [1.54, 1.807) is 0 Å². The Bertz CT molecular complexity index is 2240. The summed E-state index contributed by atoms with van der Waals surface area (Å²) in [5.74, 6) is -0.229. The maximum absolute atomic E-state index is 15.6. The molecule has 0 bridgehead atoms. The first kappa shape index (κ1) is 23.8. The average Bonchev–Trinajstić information content (AvgIpc) is 3.00. The highest BCUT2D eigenvalue weighted by Gasteiger charge is 2.32. The second-order valence-corrected chi connectivity index (χ2v) is 10.4. The van der Waals surface area contributed by atoms with Crippen molar-refractivity contribution >= 4 is 53.9 Å². The van der Waals surface area contributed by atoms with Crippen LogP contribution in [0.1, 0.15) is 5.69 Å². The van der Waals surface area contributed by atoms with Gasteiger partial charge in [-0.05, 0) is 65.8 Å². The van der Waals surface area contributed by atoms with Gasteiger partial charge in [0.2, 0.25) is 0 Å². The molecule has 0 atom stereocenters. The predicted molar refractivity (Wildman–Crippen MR) is 159 cm³/mol. The molecule has 1 aromatic heterocycles. The van der Waals surface area contributed by atoms with Crippen molar-refractivity contribution in [1.82, 2.24) is 4.98 Å². The number of benzene rings is 7. The lowest BCUT2D eigenvalue weighted by Gasteiger charge is -2.19. The van der Waals surface area contributed by atoms with E-state index in [1.165, 1.54) is 12.3 Å². The number of hydrogen-bond donors (Lipinski definition) is 0. The van der Waals surface area contributed by atoms with E-state index in [2.05, 4.69) is 35.3 Å². The smallest absolute Gasteiger partial charge is 0.251 e. The molecular weight excluding hydrogens is 522 g/mol. The Morgan fingerprint density at radius 1 is 0.488 bits per heavy atom. The lowest BCUT2D eigenvalue weighted by atomic mass is 9.85. The van der Waals surface area contributed by atoms with E-state index in [4.69, 9.17) is 0 Å². The summed E-state index contributed by atoms with van der Waals surface area (Å²) in [6.07, 6.45) is -3.20. The maximum atomic E-state index is 15.6. The molecule has 0 fully saturated rings. The Morgan fingerprint density at radius 2 is 1.00 bits per heavy atom. The number of rotatable bonds is 2. The lowest BCUT2D eigenvalue weighted by molar-refractivity contribution is -0.141. The minimum Gasteiger partial charge on any atom is -0.251 e. The standard InChI is InChI=1S/C36H19F4N/c37-35-29-7-3-1-5-24(29)34(25-6-2-4-8-30(25)35)28-17-12-21-10-15-26-23(22-13-18-31(41-19-22)36(38,39)40)14-9-20-11-16-27(28)33(21)32(20)26/h1-19H. The number of fused-ring (bicyclic) bond motifs is 2. The summed E-state index contributed by atoms with van der Waals surface area (Å²) >= 11 is 0. The number of hydrogen-bond acceptors (Lipinski definition) is 1. The van der Waals surface area contributed by atoms with E-state index in [0.717, 1.165) is 65.8 Å². The molecule has 0 N–H and O–H groups in total. The summed E-state index contributed by atoms with van der Waals surface area (Å²) in [6.45, 7) is 0. The van der Waals surface area contributed by atoms with Gasteiger partial charge in [-0.3, -0.25) is 4.98 Å². The monoisotopic (exact) mass is 541 g/mol. The molecule has 0 spiro atoms. The highest BCUT2D eigenvalue weighted by atomic mass is 19.4. The van der Waals surface area contributed by atoms with E-state index in [9.17, 15) is 13.2 Å². The van der Waals surface area contributed by atoms with Gasteiger partial charge in [0.25, 0.3) is 0 Å². The van der Waals surface area contributed by atoms with Gasteiger partial charge in [-0.25, -0.2) is 4.39 Å². The zero-order valence-corrected chi connectivity index (χ0v) is 21.4. The fraction of sp³-hybridized carbons (Fsp3) is 0.0278. The van der Waals surface area contributed by atoms with Crippen molar-refractivity contribution in [2.45, 2.75) is 6.18 Å². The van der Waals surface area contributed by atoms with Crippen LogP contribution < -0.4 is 0 Å². The number of pyridine rings is 1. The number of halogens is 4. The van der Waals surface area contributed by atoms with Gasteiger partial charge in [0.15, 0.2) is 0 Å². The summed E-state index contributed by atoms with van der Waals surface area (Å²) in [7, 11) is 0. The second kappa shape index (κ2) is 8.48. The Hall–Kier alpha value is -5.03. The van der Waals surface area contributed by atoms with Crippen LogP contribution in [0.25, 0.3) is 76.1 Å². The van der Waals surface area contributed by atoms with Crippen LogP contribution >= 0.6 is 0 Å². The van der Waals surface area contributed by atoms with E-state index in [-0.39, 0.29) is 5.82 Å². The summed E-state index contributed by atoms with van der Waals surface area (Å²) in [5.41, 5.74) is 2.49. The number of nitrogens with zero attached hydrogens (tertiary/aromatic N) is 1. The second-order valence-electron chi connectivity index (χ2n) is 10.4. The first-order valence-corrected chi connectivity index (χ1v) is 13.2. The zero-order valence-electron chi connectivity index (χ0n) is 21.4. The minimum atomic E-state index is -4.49. The van der Waals surface area contributed by atoms with E-state index in [0.29, 0.717) is 16.3 Å². The molecule has 5 heteroatoms. The molecule has 7 aromatic carbocycles. The summed E-state index contributed by atoms with van der Waals surface area (Å²) in [6, 6.07) is 34.1. The van der Waals surface area contributed by atoms with Crippen molar-refractivity contribution in [2.24, 2.45) is 0 Å². The molecule has 0 unspecified atom stereocenters. The SMILES string of the molecule is Fc1c2ccccc2c(-c2ccc3ccc4c(-c5ccc(C(F)(F)F)nc5)ccc5ccc2c3c54)c2ccccc12. The van der Waals surface area contributed by atoms with E-state index < -0.39 is 11.9 Å². The van der Waals surface area contributed by atoms with Crippen molar-refractivity contribution in [2.75, 3.05) is 0 Å². The molecule has 8 rings (SSSR count). The molecule has 0 aliphatic heterocycles. The van der Waals surface area contributed by atoms with Crippen molar-refractivity contribution in [3.8, 4) is 22.3 Å². The van der Waals surface area contributed by atoms with Crippen LogP contribution in [0.4, 0.5) is 17.6 Å². The van der Waals surface area contributed by atoms with Gasteiger partial charge < -0.3 is 0 Å². The normalized spacial score (nSPS) is 12.4. The van der Waals surface area contributed by atoms with Crippen molar-refractivity contribution in [3.05, 3.63) is 127 Å². The highest BCUT2D eigenvalue weighted by molar-refractivity contribution is 6.29. The zero-order chi connectivity index (χ0) is 27.9. The topological polar surface area (TPSA) is 12.9 Å². The summed E-state index contributed by atoms with van der Waals surface area (Å²) in [5, 5.41) is 9.00. The molecule has 0 aliphatic carbocycles. The van der Waals surface area contributed by atoms with Crippen molar-refractivity contribution in [1.29, 1.82) is 0 Å². The van der Waals surface area contributed by atoms with Crippen LogP contribution in [0.3, 0.4) is 0 Å². The largest absolute Gasteiger partial charge is 0.433 e. The molecule has 1 nitrogen and oxygen atoms in total.